The minimum atomic E-state index is -0.336. The van der Waals surface area contributed by atoms with Crippen LogP contribution in [0, 0.1) is 5.82 Å². The zero-order chi connectivity index (χ0) is 16.5. The third kappa shape index (κ3) is 2.83. The molecule has 1 aliphatic rings. The average Bonchev–Trinajstić information content (AvgIpc) is 3.01. The van der Waals surface area contributed by atoms with Crippen LogP contribution in [-0.2, 0) is 0 Å². The van der Waals surface area contributed by atoms with Crippen LogP contribution in [0.3, 0.4) is 0 Å². The monoisotopic (exact) mass is 345 g/mol. The highest BCUT2D eigenvalue weighted by Gasteiger charge is 2.15. The lowest BCUT2D eigenvalue weighted by atomic mass is 10.2. The molecular weight excluding hydrogens is 333 g/mol. The molecule has 122 valence electrons. The highest BCUT2D eigenvalue weighted by atomic mass is 32.1. The summed E-state index contributed by atoms with van der Waals surface area (Å²) < 4.78 is 24.8. The third-order valence-electron chi connectivity index (χ3n) is 3.44. The largest absolute Gasteiger partial charge is 0.486 e. The summed E-state index contributed by atoms with van der Waals surface area (Å²) in [6.45, 7) is 0.955. The molecule has 0 saturated carbocycles. The summed E-state index contributed by atoms with van der Waals surface area (Å²) in [6, 6.07) is 9.32. The Bertz CT molecular complexity index is 928. The van der Waals surface area contributed by atoms with E-state index in [1.54, 1.807) is 24.3 Å². The lowest BCUT2D eigenvalue weighted by Gasteiger charge is -2.18. The number of anilines is 1. The van der Waals surface area contributed by atoms with Gasteiger partial charge in [0.15, 0.2) is 11.5 Å². The molecule has 8 heteroatoms. The van der Waals surface area contributed by atoms with Crippen LogP contribution in [-0.4, -0.2) is 24.1 Å². The first kappa shape index (κ1) is 14.7. The predicted molar refractivity (Wildman–Crippen MR) is 88.1 cm³/mol. The van der Waals surface area contributed by atoms with Crippen LogP contribution in [0.2, 0.25) is 0 Å². The number of hydrazine groups is 1. The Morgan fingerprint density at radius 1 is 1.12 bits per heavy atom. The summed E-state index contributed by atoms with van der Waals surface area (Å²) in [5, 5.41) is 0.474. The fourth-order valence-electron chi connectivity index (χ4n) is 2.32. The second-order valence-corrected chi connectivity index (χ2v) is 6.10. The Balaban J connectivity index is 1.47. The maximum atomic E-state index is 13.2. The summed E-state index contributed by atoms with van der Waals surface area (Å²) in [5.74, 6) is 0.513. The normalized spacial score (nSPS) is 12.9. The molecule has 1 aliphatic heterocycles. The Morgan fingerprint density at radius 3 is 2.83 bits per heavy atom. The standard InChI is InChI=1S/C16H12FN3O3S/c17-10-2-3-11-14(8-10)24-16(18-11)20-19-15(21)9-1-4-12-13(7-9)23-6-5-22-12/h1-4,7-8H,5-6H2,(H,18,20)(H,19,21). The molecule has 2 aromatic carbocycles. The molecule has 2 heterocycles. The Hall–Kier alpha value is -2.87. The van der Waals surface area contributed by atoms with E-state index in [0.717, 1.165) is 0 Å². The first-order valence-corrected chi connectivity index (χ1v) is 8.03. The number of aromatic nitrogens is 1. The molecule has 1 aromatic heterocycles. The van der Waals surface area contributed by atoms with Gasteiger partial charge in [-0.05, 0) is 36.4 Å². The molecule has 0 fully saturated rings. The fourth-order valence-corrected chi connectivity index (χ4v) is 3.16. The van der Waals surface area contributed by atoms with Crippen LogP contribution in [0.25, 0.3) is 10.2 Å². The first-order valence-electron chi connectivity index (χ1n) is 7.21. The molecule has 0 unspecified atom stereocenters. The molecule has 0 bridgehead atoms. The number of nitrogens with one attached hydrogen (secondary N) is 2. The number of amides is 1. The number of halogens is 1. The van der Waals surface area contributed by atoms with Gasteiger partial charge < -0.3 is 9.47 Å². The summed E-state index contributed by atoms with van der Waals surface area (Å²) >= 11 is 1.25. The van der Waals surface area contributed by atoms with Gasteiger partial charge in [-0.1, -0.05) is 11.3 Å². The zero-order valence-corrected chi connectivity index (χ0v) is 13.2. The molecule has 0 aliphatic carbocycles. The van der Waals surface area contributed by atoms with Gasteiger partial charge in [-0.15, -0.1) is 0 Å². The van der Waals surface area contributed by atoms with E-state index in [9.17, 15) is 9.18 Å². The van der Waals surface area contributed by atoms with Crippen LogP contribution in [0.15, 0.2) is 36.4 Å². The topological polar surface area (TPSA) is 72.5 Å². The smallest absolute Gasteiger partial charge is 0.269 e. The van der Waals surface area contributed by atoms with E-state index in [-0.39, 0.29) is 11.7 Å². The van der Waals surface area contributed by atoms with E-state index in [1.807, 2.05) is 0 Å². The summed E-state index contributed by atoms with van der Waals surface area (Å²) in [4.78, 5) is 16.5. The molecule has 4 rings (SSSR count). The van der Waals surface area contributed by atoms with E-state index in [1.165, 1.54) is 23.5 Å². The maximum Gasteiger partial charge on any atom is 0.269 e. The van der Waals surface area contributed by atoms with E-state index < -0.39 is 0 Å². The minimum Gasteiger partial charge on any atom is -0.486 e. The van der Waals surface area contributed by atoms with Crippen molar-refractivity contribution in [2.75, 3.05) is 18.6 Å². The number of carbonyl (C=O) groups is 1. The average molecular weight is 345 g/mol. The van der Waals surface area contributed by atoms with Gasteiger partial charge in [0.05, 0.1) is 10.2 Å². The van der Waals surface area contributed by atoms with Crippen molar-refractivity contribution in [2.24, 2.45) is 0 Å². The van der Waals surface area contributed by atoms with E-state index in [0.29, 0.717) is 45.6 Å². The van der Waals surface area contributed by atoms with Crippen molar-refractivity contribution >= 4 is 32.6 Å². The van der Waals surface area contributed by atoms with Crippen molar-refractivity contribution in [3.8, 4) is 11.5 Å². The number of hydrogen-bond acceptors (Lipinski definition) is 6. The van der Waals surface area contributed by atoms with Gasteiger partial charge in [-0.2, -0.15) is 0 Å². The van der Waals surface area contributed by atoms with Crippen LogP contribution < -0.4 is 20.3 Å². The van der Waals surface area contributed by atoms with Gasteiger partial charge in [0.2, 0.25) is 5.13 Å². The number of rotatable bonds is 3. The third-order valence-corrected chi connectivity index (χ3v) is 4.37. The Labute approximate surface area is 140 Å². The van der Waals surface area contributed by atoms with Gasteiger partial charge >= 0.3 is 0 Å². The van der Waals surface area contributed by atoms with E-state index >= 15 is 0 Å². The highest BCUT2D eigenvalue weighted by molar-refractivity contribution is 7.22. The van der Waals surface area contributed by atoms with Crippen molar-refractivity contribution in [2.45, 2.75) is 0 Å². The molecule has 0 saturated heterocycles. The molecule has 0 atom stereocenters. The lowest BCUT2D eigenvalue weighted by molar-refractivity contribution is 0.0961. The summed E-state index contributed by atoms with van der Waals surface area (Å²) in [5.41, 5.74) is 6.41. The van der Waals surface area contributed by atoms with Crippen molar-refractivity contribution < 1.29 is 18.7 Å². The first-order chi connectivity index (χ1) is 11.7. The number of fused-ring (bicyclic) bond motifs is 2. The molecular formula is C16H12FN3O3S. The van der Waals surface area contributed by atoms with E-state index in [4.69, 9.17) is 9.47 Å². The predicted octanol–water partition coefficient (Wildman–Crippen LogP) is 2.96. The number of hydrogen-bond donors (Lipinski definition) is 2. The maximum absolute atomic E-state index is 13.2. The van der Waals surface area contributed by atoms with Gasteiger partial charge in [0.25, 0.3) is 5.91 Å². The van der Waals surface area contributed by atoms with Crippen molar-refractivity contribution in [3.63, 3.8) is 0 Å². The van der Waals surface area contributed by atoms with Crippen molar-refractivity contribution in [3.05, 3.63) is 47.8 Å². The lowest BCUT2D eigenvalue weighted by Crippen LogP contribution is -2.29. The molecule has 0 spiro atoms. The van der Waals surface area contributed by atoms with Gasteiger partial charge in [-0.3, -0.25) is 15.6 Å². The van der Waals surface area contributed by atoms with E-state index in [2.05, 4.69) is 15.8 Å². The number of benzene rings is 2. The number of thiazole rings is 1. The Morgan fingerprint density at radius 2 is 1.96 bits per heavy atom. The van der Waals surface area contributed by atoms with Gasteiger partial charge in [0.1, 0.15) is 19.0 Å². The summed E-state index contributed by atoms with van der Waals surface area (Å²) in [6.07, 6.45) is 0. The molecule has 6 nitrogen and oxygen atoms in total. The molecule has 1 amide bonds. The second-order valence-electron chi connectivity index (χ2n) is 5.07. The van der Waals surface area contributed by atoms with Crippen LogP contribution in [0.5, 0.6) is 11.5 Å². The summed E-state index contributed by atoms with van der Waals surface area (Å²) in [7, 11) is 0. The SMILES string of the molecule is O=C(NNc1nc2ccc(F)cc2s1)c1ccc2c(c1)OCCO2. The fraction of sp³-hybridized carbons (Fsp3) is 0.125. The van der Waals surface area contributed by atoms with Gasteiger partial charge in [-0.25, -0.2) is 9.37 Å². The Kier molecular flexibility index (Phi) is 3.66. The molecule has 2 N–H and O–H groups in total. The quantitative estimate of drug-likeness (QED) is 0.714. The molecule has 24 heavy (non-hydrogen) atoms. The second kappa shape index (κ2) is 5.97. The van der Waals surface area contributed by atoms with Crippen LogP contribution in [0.1, 0.15) is 10.4 Å². The van der Waals surface area contributed by atoms with Crippen LogP contribution in [0.4, 0.5) is 9.52 Å². The highest BCUT2D eigenvalue weighted by Crippen LogP contribution is 2.31. The molecule has 0 radical (unpaired) electrons. The molecule has 3 aromatic rings. The zero-order valence-electron chi connectivity index (χ0n) is 12.3. The number of carbonyl (C=O) groups excluding carboxylic acids is 1. The minimum absolute atomic E-state index is 0.321. The van der Waals surface area contributed by atoms with Crippen LogP contribution >= 0.6 is 11.3 Å². The number of nitrogens with zero attached hydrogens (tertiary/aromatic N) is 1. The van der Waals surface area contributed by atoms with Crippen molar-refractivity contribution in [1.29, 1.82) is 0 Å². The van der Waals surface area contributed by atoms with Gasteiger partial charge in [0, 0.05) is 5.56 Å². The van der Waals surface area contributed by atoms with Crippen molar-refractivity contribution in [1.82, 2.24) is 10.4 Å². The number of ether oxygens (including phenoxy) is 2.